The van der Waals surface area contributed by atoms with E-state index < -0.39 is 94.8 Å². The molecule has 54 heavy (non-hydrogen) atoms. The Morgan fingerprint density at radius 3 is 1.19 bits per heavy atom. The van der Waals surface area contributed by atoms with Gasteiger partial charge in [-0.15, -0.1) is 0 Å². The number of carbonyl (C=O) groups excluding carboxylic acids is 2. The number of anilines is 2. The normalized spacial score (nSPS) is 12.3. The van der Waals surface area contributed by atoms with Crippen LogP contribution in [-0.2, 0) is 49.5 Å². The fourth-order valence-corrected chi connectivity index (χ4v) is 8.27. The van der Waals surface area contributed by atoms with Crippen molar-refractivity contribution in [2.45, 2.75) is 19.6 Å². The third kappa shape index (κ3) is 10.4. The van der Waals surface area contributed by atoms with Crippen LogP contribution in [0.3, 0.4) is 0 Å². The first-order valence-electron chi connectivity index (χ1n) is 14.6. The number of amides is 2. The monoisotopic (exact) mass is 822 g/mol. The third-order valence-electron chi connectivity index (χ3n) is 7.08. The predicted octanol–water partition coefficient (Wildman–Crippen LogP) is 2.57. The van der Waals surface area contributed by atoms with Gasteiger partial charge >= 0.3 is 11.9 Å². The minimum atomic E-state index is -5.02. The number of benzene rings is 4. The summed E-state index contributed by atoms with van der Waals surface area (Å²) in [4.78, 5) is 45.1. The number of aliphatic carboxylic acids is 2. The Morgan fingerprint density at radius 2 is 0.870 bits per heavy atom. The second kappa shape index (κ2) is 15.7. The minimum absolute atomic E-state index is 0.202. The Kier molecular flexibility index (Phi) is 11.9. The molecule has 0 radical (unpaired) electrons. The van der Waals surface area contributed by atoms with Gasteiger partial charge < -0.3 is 20.8 Å². The van der Waals surface area contributed by atoms with Crippen molar-refractivity contribution in [2.75, 3.05) is 22.1 Å². The largest absolute Gasteiger partial charge is 0.480 e. The highest BCUT2D eigenvalue weighted by Gasteiger charge is 2.23. The molecule has 2 amide bonds. The highest BCUT2D eigenvalue weighted by molar-refractivity contribution is 7.92. The van der Waals surface area contributed by atoms with Crippen LogP contribution in [0.1, 0.15) is 31.8 Å². The minimum Gasteiger partial charge on any atom is -0.480 e. The van der Waals surface area contributed by atoms with Gasteiger partial charge in [0.25, 0.3) is 32.1 Å². The second-order valence-corrected chi connectivity index (χ2v) is 17.8. The number of rotatable bonds is 14. The molecule has 0 atom stereocenters. The van der Waals surface area contributed by atoms with E-state index in [1.54, 1.807) is 0 Å². The summed E-state index contributed by atoms with van der Waals surface area (Å²) in [6.07, 6.45) is 2.08. The topological polar surface area (TPSA) is 310 Å². The fraction of sp³-hybridized carbons (Fsp3) is 0.0625. The van der Waals surface area contributed by atoms with Crippen molar-refractivity contribution >= 4 is 87.2 Å². The van der Waals surface area contributed by atoms with E-state index in [9.17, 15) is 62.0 Å². The molecule has 0 aliphatic heterocycles. The first-order valence-corrected chi connectivity index (χ1v) is 20.8. The standard InChI is InChI=1S/C32H26N2O16S4/c35-29(36)17-51(41,42)25-5-1-3-21(13-25)31(39)33-23-11-9-19(27(15-23)53(45,46)47)7-8-20-10-12-24(16-28(20)54(48,49)50)34-32(40)22-4-2-6-26(14-22)52(43,44)18-30(37)38/h1-16H,17-18H2,(H,33,39)(H,34,40)(H,35,36)(H,37,38)(H,45,46,47)(H,48,49,50)/b8-7+. The first kappa shape index (κ1) is 41.0. The first-order chi connectivity index (χ1) is 25.0. The molecular weight excluding hydrogens is 797 g/mol. The van der Waals surface area contributed by atoms with Crippen LogP contribution in [0, 0.1) is 0 Å². The van der Waals surface area contributed by atoms with Gasteiger partial charge in [0.1, 0.15) is 9.79 Å². The molecule has 4 aromatic rings. The molecule has 0 saturated carbocycles. The molecule has 0 aromatic heterocycles. The number of hydrogen-bond donors (Lipinski definition) is 6. The van der Waals surface area contributed by atoms with Gasteiger partial charge in [0.2, 0.25) is 0 Å². The van der Waals surface area contributed by atoms with Crippen molar-refractivity contribution in [3.05, 3.63) is 107 Å². The molecular formula is C32H26N2O16S4. The van der Waals surface area contributed by atoms with Crippen molar-refractivity contribution in [3.63, 3.8) is 0 Å². The van der Waals surface area contributed by atoms with Crippen LogP contribution >= 0.6 is 0 Å². The molecule has 0 saturated heterocycles. The molecule has 0 aliphatic rings. The second-order valence-electron chi connectivity index (χ2n) is 11.1. The fourth-order valence-electron chi connectivity index (χ4n) is 4.69. The van der Waals surface area contributed by atoms with Gasteiger partial charge in [-0.2, -0.15) is 16.8 Å². The zero-order chi connectivity index (χ0) is 40.2. The lowest BCUT2D eigenvalue weighted by Crippen LogP contribution is -2.17. The molecule has 0 bridgehead atoms. The molecule has 0 heterocycles. The van der Waals surface area contributed by atoms with Crippen LogP contribution < -0.4 is 10.6 Å². The predicted molar refractivity (Wildman–Crippen MR) is 190 cm³/mol. The quantitative estimate of drug-likeness (QED) is 0.0786. The van der Waals surface area contributed by atoms with Gasteiger partial charge in [0.15, 0.2) is 31.2 Å². The Bertz CT molecular complexity index is 2500. The van der Waals surface area contributed by atoms with E-state index in [0.29, 0.717) is 0 Å². The van der Waals surface area contributed by atoms with E-state index in [1.165, 1.54) is 36.4 Å². The average molecular weight is 823 g/mol. The Balaban J connectivity index is 1.61. The number of carbonyl (C=O) groups is 4. The molecule has 0 aliphatic carbocycles. The number of nitrogens with one attached hydrogen (secondary N) is 2. The van der Waals surface area contributed by atoms with E-state index >= 15 is 0 Å². The molecule has 0 fully saturated rings. The van der Waals surface area contributed by atoms with Crippen LogP contribution in [0.4, 0.5) is 11.4 Å². The van der Waals surface area contributed by atoms with Crippen molar-refractivity contribution in [1.29, 1.82) is 0 Å². The molecule has 0 unspecified atom stereocenters. The molecule has 0 spiro atoms. The van der Waals surface area contributed by atoms with Gasteiger partial charge in [0, 0.05) is 22.5 Å². The molecule has 4 rings (SSSR count). The van der Waals surface area contributed by atoms with E-state index in [-0.39, 0.29) is 33.6 Å². The number of carboxylic acids is 2. The van der Waals surface area contributed by atoms with E-state index in [2.05, 4.69) is 10.6 Å². The maximum Gasteiger partial charge on any atom is 0.319 e. The Morgan fingerprint density at radius 1 is 0.519 bits per heavy atom. The van der Waals surface area contributed by atoms with Gasteiger partial charge in [-0.3, -0.25) is 28.3 Å². The summed E-state index contributed by atoms with van der Waals surface area (Å²) in [7, 11) is -18.6. The van der Waals surface area contributed by atoms with E-state index in [0.717, 1.165) is 60.7 Å². The summed E-state index contributed by atoms with van der Waals surface area (Å²) < 4.78 is 118. The van der Waals surface area contributed by atoms with Crippen molar-refractivity contribution in [2.24, 2.45) is 0 Å². The van der Waals surface area contributed by atoms with Crippen LogP contribution in [0.25, 0.3) is 12.2 Å². The molecule has 22 heteroatoms. The smallest absolute Gasteiger partial charge is 0.319 e. The van der Waals surface area contributed by atoms with Crippen LogP contribution in [0.5, 0.6) is 0 Å². The number of hydrogen-bond acceptors (Lipinski definition) is 12. The van der Waals surface area contributed by atoms with E-state index in [4.69, 9.17) is 10.2 Å². The van der Waals surface area contributed by atoms with E-state index in [1.807, 2.05) is 0 Å². The van der Waals surface area contributed by atoms with Gasteiger partial charge in [0.05, 0.1) is 9.79 Å². The third-order valence-corrected chi connectivity index (χ3v) is 12.1. The molecule has 18 nitrogen and oxygen atoms in total. The summed E-state index contributed by atoms with van der Waals surface area (Å²) in [5, 5.41) is 22.4. The lowest BCUT2D eigenvalue weighted by atomic mass is 10.1. The summed E-state index contributed by atoms with van der Waals surface area (Å²) in [6.45, 7) is 0. The summed E-state index contributed by atoms with van der Waals surface area (Å²) >= 11 is 0. The zero-order valence-electron chi connectivity index (χ0n) is 27.0. The van der Waals surface area contributed by atoms with Crippen molar-refractivity contribution < 1.29 is 72.2 Å². The molecule has 4 aromatic carbocycles. The van der Waals surface area contributed by atoms with Crippen molar-refractivity contribution in [1.82, 2.24) is 0 Å². The Labute approximate surface area is 307 Å². The summed E-state index contributed by atoms with van der Waals surface area (Å²) in [6, 6.07) is 15.0. The SMILES string of the molecule is O=C(O)CS(=O)(=O)c1cccc(C(=O)Nc2ccc(/C=C/c3ccc(NC(=O)c4cccc(S(=O)(=O)CC(=O)O)c4)cc3S(=O)(=O)O)c(S(=O)(=O)O)c2)c1. The number of sulfone groups is 2. The van der Waals surface area contributed by atoms with Gasteiger partial charge in [-0.1, -0.05) is 36.4 Å². The maximum absolute atomic E-state index is 12.9. The van der Waals surface area contributed by atoms with Crippen LogP contribution in [0.15, 0.2) is 105 Å². The van der Waals surface area contributed by atoms with Crippen LogP contribution in [-0.4, -0.2) is 88.2 Å². The number of carboxylic acid groups (broad SMARTS) is 2. The lowest BCUT2D eigenvalue weighted by Gasteiger charge is -2.11. The van der Waals surface area contributed by atoms with Gasteiger partial charge in [-0.25, -0.2) is 16.8 Å². The van der Waals surface area contributed by atoms with Crippen LogP contribution in [0.2, 0.25) is 0 Å². The highest BCUT2D eigenvalue weighted by atomic mass is 32.2. The Hall–Kier alpha value is -5.78. The maximum atomic E-state index is 12.9. The highest BCUT2D eigenvalue weighted by Crippen LogP contribution is 2.27. The lowest BCUT2D eigenvalue weighted by molar-refractivity contribution is -0.135. The average Bonchev–Trinajstić information content (AvgIpc) is 3.06. The molecule has 6 N–H and O–H groups in total. The van der Waals surface area contributed by atoms with Gasteiger partial charge in [-0.05, 0) is 71.8 Å². The van der Waals surface area contributed by atoms with Crippen molar-refractivity contribution in [3.8, 4) is 0 Å². The summed E-state index contributed by atoms with van der Waals surface area (Å²) in [5.41, 5.74) is -1.37. The summed E-state index contributed by atoms with van der Waals surface area (Å²) in [5.74, 6) is -7.59. The zero-order valence-corrected chi connectivity index (χ0v) is 30.2. The molecule has 284 valence electrons.